The first-order valence-electron chi connectivity index (χ1n) is 5.94. The van der Waals surface area contributed by atoms with Crippen LogP contribution >= 0.6 is 0 Å². The van der Waals surface area contributed by atoms with Crippen LogP contribution < -0.4 is 10.6 Å². The molecule has 0 bridgehead atoms. The summed E-state index contributed by atoms with van der Waals surface area (Å²) in [6.07, 6.45) is 0. The molecule has 0 unspecified atom stereocenters. The third-order valence-corrected chi connectivity index (χ3v) is 2.94. The number of aliphatic hydroxyl groups is 1. The zero-order chi connectivity index (χ0) is 13.0. The van der Waals surface area contributed by atoms with E-state index < -0.39 is 0 Å². The molecule has 3 heteroatoms. The molecule has 0 aliphatic carbocycles. The van der Waals surface area contributed by atoms with Crippen molar-refractivity contribution in [1.82, 2.24) is 0 Å². The number of aliphatic hydroxyl groups excluding tert-OH is 1. The van der Waals surface area contributed by atoms with E-state index in [1.807, 2.05) is 55.6 Å². The number of nitrogens with zero attached hydrogens (tertiary/aromatic N) is 1. The molecule has 3 N–H and O–H groups in total. The molecule has 0 saturated heterocycles. The van der Waals surface area contributed by atoms with E-state index >= 15 is 0 Å². The third kappa shape index (κ3) is 3.02. The van der Waals surface area contributed by atoms with Crippen LogP contribution in [0.25, 0.3) is 0 Å². The van der Waals surface area contributed by atoms with Gasteiger partial charge in [0.1, 0.15) is 0 Å². The summed E-state index contributed by atoms with van der Waals surface area (Å²) < 4.78 is 0. The van der Waals surface area contributed by atoms with Gasteiger partial charge in [0.15, 0.2) is 0 Å². The molecule has 0 aliphatic rings. The van der Waals surface area contributed by atoms with Gasteiger partial charge >= 0.3 is 0 Å². The quantitative estimate of drug-likeness (QED) is 0.809. The van der Waals surface area contributed by atoms with Crippen LogP contribution in [0.4, 0.5) is 11.4 Å². The molecule has 2 rings (SSSR count). The molecule has 0 saturated carbocycles. The van der Waals surface area contributed by atoms with Gasteiger partial charge in [0.25, 0.3) is 0 Å². The highest BCUT2D eigenvalue weighted by atomic mass is 16.3. The van der Waals surface area contributed by atoms with E-state index in [0.29, 0.717) is 0 Å². The van der Waals surface area contributed by atoms with Crippen molar-refractivity contribution < 1.29 is 5.11 Å². The Kier molecular flexibility index (Phi) is 3.85. The fourth-order valence-corrected chi connectivity index (χ4v) is 1.88. The lowest BCUT2D eigenvalue weighted by atomic mass is 10.1. The number of nitrogens with two attached hydrogens (primary N) is 1. The van der Waals surface area contributed by atoms with Gasteiger partial charge in [-0.3, -0.25) is 0 Å². The molecule has 0 atom stereocenters. The van der Waals surface area contributed by atoms with Crippen molar-refractivity contribution in [3.05, 3.63) is 59.7 Å². The number of rotatable bonds is 4. The van der Waals surface area contributed by atoms with Crippen molar-refractivity contribution in [2.75, 3.05) is 17.7 Å². The molecule has 0 fully saturated rings. The summed E-state index contributed by atoms with van der Waals surface area (Å²) in [5.74, 6) is 0. The fraction of sp³-hybridized carbons (Fsp3) is 0.200. The van der Waals surface area contributed by atoms with Gasteiger partial charge in [0.2, 0.25) is 0 Å². The van der Waals surface area contributed by atoms with Crippen molar-refractivity contribution in [3.63, 3.8) is 0 Å². The predicted molar refractivity (Wildman–Crippen MR) is 75.3 cm³/mol. The summed E-state index contributed by atoms with van der Waals surface area (Å²) in [6, 6.07) is 15.8. The predicted octanol–water partition coefficient (Wildman–Crippen LogP) is 2.40. The van der Waals surface area contributed by atoms with E-state index in [2.05, 4.69) is 4.90 Å². The first kappa shape index (κ1) is 12.5. The Balaban J connectivity index is 2.08. The Bertz CT molecular complexity index is 508. The van der Waals surface area contributed by atoms with Crippen molar-refractivity contribution in [2.45, 2.75) is 13.2 Å². The molecular formula is C15H18N2O. The smallest absolute Gasteiger partial charge is 0.0681 e. The Morgan fingerprint density at radius 2 is 1.72 bits per heavy atom. The summed E-state index contributed by atoms with van der Waals surface area (Å²) in [5, 5.41) is 8.99. The SMILES string of the molecule is CN(Cc1ccc(CO)cc1)c1cccc(N)c1. The summed E-state index contributed by atoms with van der Waals surface area (Å²) in [6.45, 7) is 0.903. The van der Waals surface area contributed by atoms with Gasteiger partial charge in [-0.1, -0.05) is 30.3 Å². The zero-order valence-electron chi connectivity index (χ0n) is 10.5. The maximum atomic E-state index is 8.99. The number of hydrogen-bond donors (Lipinski definition) is 2. The first-order valence-corrected chi connectivity index (χ1v) is 5.94. The van der Waals surface area contributed by atoms with Gasteiger partial charge < -0.3 is 15.7 Å². The average molecular weight is 242 g/mol. The van der Waals surface area contributed by atoms with E-state index in [4.69, 9.17) is 10.8 Å². The van der Waals surface area contributed by atoms with Crippen LogP contribution in [0.5, 0.6) is 0 Å². The fourth-order valence-electron chi connectivity index (χ4n) is 1.88. The van der Waals surface area contributed by atoms with Crippen molar-refractivity contribution in [3.8, 4) is 0 Å². The van der Waals surface area contributed by atoms with Gasteiger partial charge in [-0.25, -0.2) is 0 Å². The molecule has 2 aromatic carbocycles. The van der Waals surface area contributed by atoms with Crippen molar-refractivity contribution in [1.29, 1.82) is 0 Å². The molecule has 3 nitrogen and oxygen atoms in total. The first-order chi connectivity index (χ1) is 8.69. The molecule has 0 radical (unpaired) electrons. The second-order valence-corrected chi connectivity index (χ2v) is 4.43. The number of anilines is 2. The third-order valence-electron chi connectivity index (χ3n) is 2.94. The Morgan fingerprint density at radius 1 is 1.06 bits per heavy atom. The molecule has 0 aliphatic heterocycles. The minimum absolute atomic E-state index is 0.0886. The Morgan fingerprint density at radius 3 is 2.33 bits per heavy atom. The second-order valence-electron chi connectivity index (χ2n) is 4.43. The topological polar surface area (TPSA) is 49.5 Å². The summed E-state index contributed by atoms with van der Waals surface area (Å²) in [7, 11) is 2.04. The number of nitrogen functional groups attached to an aromatic ring is 1. The average Bonchev–Trinajstić information content (AvgIpc) is 2.39. The number of hydrogen-bond acceptors (Lipinski definition) is 3. The minimum atomic E-state index is 0.0886. The van der Waals surface area contributed by atoms with Gasteiger partial charge in [-0.2, -0.15) is 0 Å². The van der Waals surface area contributed by atoms with Crippen LogP contribution in [0, 0.1) is 0 Å². The molecule has 0 spiro atoms. The standard InChI is InChI=1S/C15H18N2O/c1-17(15-4-2-3-14(16)9-15)10-12-5-7-13(11-18)8-6-12/h2-9,18H,10-11,16H2,1H3. The lowest BCUT2D eigenvalue weighted by molar-refractivity contribution is 0.282. The minimum Gasteiger partial charge on any atom is -0.399 e. The molecule has 0 aromatic heterocycles. The van der Waals surface area contributed by atoms with E-state index in [1.165, 1.54) is 5.56 Å². The highest BCUT2D eigenvalue weighted by molar-refractivity contribution is 5.55. The monoisotopic (exact) mass is 242 g/mol. The van der Waals surface area contributed by atoms with Crippen LogP contribution in [0.3, 0.4) is 0 Å². The lowest BCUT2D eigenvalue weighted by Gasteiger charge is -2.19. The molecule has 2 aromatic rings. The maximum absolute atomic E-state index is 8.99. The molecular weight excluding hydrogens is 224 g/mol. The van der Waals surface area contributed by atoms with E-state index in [9.17, 15) is 0 Å². The van der Waals surface area contributed by atoms with Crippen LogP contribution in [-0.2, 0) is 13.2 Å². The molecule has 94 valence electrons. The van der Waals surface area contributed by atoms with Crippen LogP contribution in [-0.4, -0.2) is 12.2 Å². The van der Waals surface area contributed by atoms with E-state index in [1.54, 1.807) is 0 Å². The lowest BCUT2D eigenvalue weighted by Crippen LogP contribution is -2.16. The Labute approximate surface area is 107 Å². The summed E-state index contributed by atoms with van der Waals surface area (Å²) in [5.41, 5.74) is 9.79. The van der Waals surface area contributed by atoms with Crippen LogP contribution in [0.2, 0.25) is 0 Å². The van der Waals surface area contributed by atoms with Crippen molar-refractivity contribution in [2.24, 2.45) is 0 Å². The molecule has 0 amide bonds. The van der Waals surface area contributed by atoms with E-state index in [-0.39, 0.29) is 6.61 Å². The van der Waals surface area contributed by atoms with Gasteiger partial charge in [0, 0.05) is 25.0 Å². The highest BCUT2D eigenvalue weighted by Crippen LogP contribution is 2.18. The second kappa shape index (κ2) is 5.56. The molecule has 18 heavy (non-hydrogen) atoms. The summed E-state index contributed by atoms with van der Waals surface area (Å²) >= 11 is 0. The largest absolute Gasteiger partial charge is 0.399 e. The zero-order valence-corrected chi connectivity index (χ0v) is 10.5. The van der Waals surface area contributed by atoms with Gasteiger partial charge in [0.05, 0.1) is 6.61 Å². The summed E-state index contributed by atoms with van der Waals surface area (Å²) in [4.78, 5) is 2.14. The maximum Gasteiger partial charge on any atom is 0.0681 e. The van der Waals surface area contributed by atoms with Gasteiger partial charge in [-0.05, 0) is 29.3 Å². The number of benzene rings is 2. The molecule has 0 heterocycles. The van der Waals surface area contributed by atoms with E-state index in [0.717, 1.165) is 23.5 Å². The van der Waals surface area contributed by atoms with Gasteiger partial charge in [-0.15, -0.1) is 0 Å². The van der Waals surface area contributed by atoms with Crippen LogP contribution in [0.1, 0.15) is 11.1 Å². The van der Waals surface area contributed by atoms with Crippen molar-refractivity contribution >= 4 is 11.4 Å². The normalized spacial score (nSPS) is 10.3. The Hall–Kier alpha value is -2.00. The highest BCUT2D eigenvalue weighted by Gasteiger charge is 2.02. The van der Waals surface area contributed by atoms with Crippen LogP contribution in [0.15, 0.2) is 48.5 Å².